The summed E-state index contributed by atoms with van der Waals surface area (Å²) in [7, 11) is 0. The molecule has 0 aromatic carbocycles. The molecule has 1 saturated carbocycles. The third kappa shape index (κ3) is 2.82. The summed E-state index contributed by atoms with van der Waals surface area (Å²) in [5.41, 5.74) is 7.42. The number of nitrogens with two attached hydrogens (primary N) is 1. The molecule has 0 amide bonds. The van der Waals surface area contributed by atoms with E-state index in [1.165, 1.54) is 44.1 Å². The van der Waals surface area contributed by atoms with Crippen LogP contribution in [0.3, 0.4) is 0 Å². The topological polar surface area (TPSA) is 35.2 Å². The van der Waals surface area contributed by atoms with Gasteiger partial charge in [-0.25, -0.2) is 0 Å². The molecular weight excluding hydrogens is 174 g/mol. The van der Waals surface area contributed by atoms with E-state index in [0.717, 1.165) is 13.0 Å². The maximum Gasteiger partial charge on any atom is 0.0680 e. The van der Waals surface area contributed by atoms with Crippen LogP contribution >= 0.6 is 0 Å². The predicted octanol–water partition coefficient (Wildman–Crippen LogP) is 2.38. The highest BCUT2D eigenvalue weighted by atomic mass is 16.5. The average molecular weight is 195 g/mol. The SMILES string of the molecule is NC1CCCC(OCC2=CCCC2)C1. The van der Waals surface area contributed by atoms with Crippen LogP contribution in [0.5, 0.6) is 0 Å². The van der Waals surface area contributed by atoms with Crippen molar-refractivity contribution in [1.29, 1.82) is 0 Å². The molecule has 2 aliphatic carbocycles. The molecule has 0 bridgehead atoms. The molecule has 2 heteroatoms. The zero-order valence-electron chi connectivity index (χ0n) is 8.87. The molecule has 0 aromatic heterocycles. The number of allylic oxidation sites excluding steroid dienone is 1. The van der Waals surface area contributed by atoms with Crippen LogP contribution in [0.1, 0.15) is 44.9 Å². The van der Waals surface area contributed by atoms with Crippen molar-refractivity contribution in [1.82, 2.24) is 0 Å². The van der Waals surface area contributed by atoms with Crippen molar-refractivity contribution in [2.24, 2.45) is 5.73 Å². The lowest BCUT2D eigenvalue weighted by Crippen LogP contribution is -2.32. The number of hydrogen-bond donors (Lipinski definition) is 1. The minimum Gasteiger partial charge on any atom is -0.374 e. The van der Waals surface area contributed by atoms with Gasteiger partial charge in [-0.15, -0.1) is 0 Å². The highest BCUT2D eigenvalue weighted by Gasteiger charge is 2.20. The van der Waals surface area contributed by atoms with Gasteiger partial charge in [0, 0.05) is 6.04 Å². The molecule has 0 saturated heterocycles. The van der Waals surface area contributed by atoms with Crippen LogP contribution in [0.15, 0.2) is 11.6 Å². The van der Waals surface area contributed by atoms with Crippen molar-refractivity contribution >= 4 is 0 Å². The van der Waals surface area contributed by atoms with E-state index in [4.69, 9.17) is 10.5 Å². The molecule has 0 spiro atoms. The van der Waals surface area contributed by atoms with E-state index in [9.17, 15) is 0 Å². The lowest BCUT2D eigenvalue weighted by molar-refractivity contribution is 0.0366. The minimum atomic E-state index is 0.381. The van der Waals surface area contributed by atoms with E-state index in [0.29, 0.717) is 12.1 Å². The zero-order valence-corrected chi connectivity index (χ0v) is 8.87. The van der Waals surface area contributed by atoms with Crippen molar-refractivity contribution in [3.05, 3.63) is 11.6 Å². The first kappa shape index (κ1) is 10.2. The van der Waals surface area contributed by atoms with Crippen LogP contribution in [0.25, 0.3) is 0 Å². The number of hydrogen-bond acceptors (Lipinski definition) is 2. The Bertz CT molecular complexity index is 212. The molecule has 0 aromatic rings. The van der Waals surface area contributed by atoms with Gasteiger partial charge in [0.2, 0.25) is 0 Å². The van der Waals surface area contributed by atoms with Crippen molar-refractivity contribution in [2.45, 2.75) is 57.1 Å². The second kappa shape index (κ2) is 4.94. The molecule has 2 N–H and O–H groups in total. The summed E-state index contributed by atoms with van der Waals surface area (Å²) in [6, 6.07) is 0.381. The van der Waals surface area contributed by atoms with Gasteiger partial charge in [0.25, 0.3) is 0 Å². The van der Waals surface area contributed by atoms with Crippen molar-refractivity contribution in [3.8, 4) is 0 Å². The molecule has 2 unspecified atom stereocenters. The molecular formula is C12H21NO. The van der Waals surface area contributed by atoms with Gasteiger partial charge in [0.05, 0.1) is 12.7 Å². The fourth-order valence-corrected chi connectivity index (χ4v) is 2.43. The van der Waals surface area contributed by atoms with E-state index in [-0.39, 0.29) is 0 Å². The van der Waals surface area contributed by atoms with Gasteiger partial charge in [0.1, 0.15) is 0 Å². The van der Waals surface area contributed by atoms with Crippen LogP contribution in [0, 0.1) is 0 Å². The molecule has 0 heterocycles. The Kier molecular flexibility index (Phi) is 3.60. The molecule has 0 aliphatic heterocycles. The highest BCUT2D eigenvalue weighted by Crippen LogP contribution is 2.23. The first-order valence-corrected chi connectivity index (χ1v) is 5.89. The summed E-state index contributed by atoms with van der Waals surface area (Å²) in [5.74, 6) is 0. The van der Waals surface area contributed by atoms with E-state index >= 15 is 0 Å². The van der Waals surface area contributed by atoms with E-state index < -0.39 is 0 Å². The summed E-state index contributed by atoms with van der Waals surface area (Å²) >= 11 is 0. The van der Waals surface area contributed by atoms with Crippen LogP contribution in [-0.2, 0) is 4.74 Å². The van der Waals surface area contributed by atoms with Crippen molar-refractivity contribution < 1.29 is 4.74 Å². The molecule has 2 nitrogen and oxygen atoms in total. The Morgan fingerprint density at radius 2 is 2.29 bits per heavy atom. The Hall–Kier alpha value is -0.340. The smallest absolute Gasteiger partial charge is 0.0680 e. The van der Waals surface area contributed by atoms with Gasteiger partial charge in [-0.2, -0.15) is 0 Å². The fourth-order valence-electron chi connectivity index (χ4n) is 2.43. The minimum absolute atomic E-state index is 0.381. The summed E-state index contributed by atoms with van der Waals surface area (Å²) in [6.45, 7) is 0.859. The summed E-state index contributed by atoms with van der Waals surface area (Å²) < 4.78 is 5.89. The normalized spacial score (nSPS) is 33.1. The lowest BCUT2D eigenvalue weighted by atomic mass is 9.93. The molecule has 80 valence electrons. The van der Waals surface area contributed by atoms with Crippen LogP contribution in [0.2, 0.25) is 0 Å². The average Bonchev–Trinajstić information content (AvgIpc) is 2.67. The zero-order chi connectivity index (χ0) is 9.80. The number of ether oxygens (including phenoxy) is 1. The van der Waals surface area contributed by atoms with Crippen molar-refractivity contribution in [2.75, 3.05) is 6.61 Å². The van der Waals surface area contributed by atoms with Gasteiger partial charge in [-0.05, 0) is 50.5 Å². The Balaban J connectivity index is 1.69. The Morgan fingerprint density at radius 3 is 3.00 bits per heavy atom. The molecule has 2 atom stereocenters. The van der Waals surface area contributed by atoms with Gasteiger partial charge in [-0.1, -0.05) is 6.08 Å². The largest absolute Gasteiger partial charge is 0.374 e. The Morgan fingerprint density at radius 1 is 1.36 bits per heavy atom. The van der Waals surface area contributed by atoms with Gasteiger partial charge < -0.3 is 10.5 Å². The first-order valence-electron chi connectivity index (χ1n) is 5.89. The summed E-state index contributed by atoms with van der Waals surface area (Å²) in [5, 5.41) is 0. The molecule has 14 heavy (non-hydrogen) atoms. The van der Waals surface area contributed by atoms with Crippen LogP contribution in [-0.4, -0.2) is 18.8 Å². The van der Waals surface area contributed by atoms with E-state index in [1.807, 2.05) is 0 Å². The molecule has 2 rings (SSSR count). The summed E-state index contributed by atoms with van der Waals surface area (Å²) in [6.07, 6.45) is 11.3. The molecule has 0 radical (unpaired) electrons. The first-order chi connectivity index (χ1) is 6.84. The second-order valence-electron chi connectivity index (χ2n) is 4.61. The monoisotopic (exact) mass is 195 g/mol. The lowest BCUT2D eigenvalue weighted by Gasteiger charge is -2.26. The third-order valence-electron chi connectivity index (χ3n) is 3.31. The van der Waals surface area contributed by atoms with E-state index in [1.54, 1.807) is 0 Å². The second-order valence-corrected chi connectivity index (χ2v) is 4.61. The van der Waals surface area contributed by atoms with Gasteiger partial charge in [0.15, 0.2) is 0 Å². The Labute approximate surface area is 86.5 Å². The third-order valence-corrected chi connectivity index (χ3v) is 3.31. The maximum atomic E-state index is 5.91. The standard InChI is InChI=1S/C12H21NO/c13-11-6-3-7-12(8-11)14-9-10-4-1-2-5-10/h4,11-12H,1-3,5-9,13H2. The quantitative estimate of drug-likeness (QED) is 0.702. The van der Waals surface area contributed by atoms with Crippen LogP contribution in [0.4, 0.5) is 0 Å². The number of rotatable bonds is 3. The maximum absolute atomic E-state index is 5.91. The van der Waals surface area contributed by atoms with Crippen LogP contribution < -0.4 is 5.73 Å². The summed E-state index contributed by atoms with van der Waals surface area (Å²) in [4.78, 5) is 0. The fraction of sp³-hybridized carbons (Fsp3) is 0.833. The highest BCUT2D eigenvalue weighted by molar-refractivity contribution is 5.07. The molecule has 2 aliphatic rings. The van der Waals surface area contributed by atoms with Crippen molar-refractivity contribution in [3.63, 3.8) is 0 Å². The van der Waals surface area contributed by atoms with Gasteiger partial charge >= 0.3 is 0 Å². The van der Waals surface area contributed by atoms with Gasteiger partial charge in [-0.3, -0.25) is 0 Å². The molecule has 1 fully saturated rings. The predicted molar refractivity (Wildman–Crippen MR) is 58.1 cm³/mol. The van der Waals surface area contributed by atoms with E-state index in [2.05, 4.69) is 6.08 Å².